The number of rotatable bonds is 2. The summed E-state index contributed by atoms with van der Waals surface area (Å²) in [6.07, 6.45) is 0. The van der Waals surface area contributed by atoms with E-state index in [2.05, 4.69) is 25.4 Å². The van der Waals surface area contributed by atoms with Crippen LogP contribution in [0.15, 0.2) is 0 Å². The van der Waals surface area contributed by atoms with E-state index in [1.165, 1.54) is 0 Å². The van der Waals surface area contributed by atoms with Crippen LogP contribution in [0.4, 0.5) is 0 Å². The molecule has 0 rings (SSSR count). The molecule has 0 aromatic heterocycles. The van der Waals surface area contributed by atoms with Gasteiger partial charge in [0.05, 0.1) is 9.68 Å². The van der Waals surface area contributed by atoms with Gasteiger partial charge in [-0.15, -0.1) is 0 Å². The van der Waals surface area contributed by atoms with Gasteiger partial charge in [0, 0.05) is 0 Å². The minimum atomic E-state index is 0.117. The van der Waals surface area contributed by atoms with Crippen molar-refractivity contribution in [3.05, 3.63) is 0 Å². The fourth-order valence-electron chi connectivity index (χ4n) is 0.408. The highest BCUT2D eigenvalue weighted by molar-refractivity contribution is 6.30. The summed E-state index contributed by atoms with van der Waals surface area (Å²) in [6, 6.07) is 1.38. The largest absolute Gasteiger partial charge is 0.340 e. The van der Waals surface area contributed by atoms with Crippen molar-refractivity contribution in [3.63, 3.8) is 0 Å². The molecule has 0 spiro atoms. The van der Waals surface area contributed by atoms with E-state index in [-0.39, 0.29) is 9.68 Å². The van der Waals surface area contributed by atoms with Gasteiger partial charge in [0.15, 0.2) is 0 Å². The van der Waals surface area contributed by atoms with E-state index in [1.807, 2.05) is 27.7 Å². The average Bonchev–Trinajstić information content (AvgIpc) is 1.82. The molecule has 0 aliphatic carbocycles. The lowest BCUT2D eigenvalue weighted by Gasteiger charge is -2.00. The first-order valence-electron chi connectivity index (χ1n) is 5.48. The van der Waals surface area contributed by atoms with Crippen LogP contribution in [-0.4, -0.2) is 27.8 Å². The zero-order chi connectivity index (χ0) is 12.1. The van der Waals surface area contributed by atoms with Crippen molar-refractivity contribution in [1.82, 2.24) is 4.98 Å². The fraction of sp³-hybridized carbons (Fsp3) is 1.00. The molecule has 0 aromatic rings. The van der Waals surface area contributed by atoms with E-state index in [9.17, 15) is 0 Å². The minimum absolute atomic E-state index is 0.117. The normalized spacial score (nSPS) is 10.3. The van der Waals surface area contributed by atoms with Crippen LogP contribution in [0.3, 0.4) is 0 Å². The van der Waals surface area contributed by atoms with E-state index in [4.69, 9.17) is 11.5 Å². The van der Waals surface area contributed by atoms with Crippen LogP contribution in [-0.2, 0) is 0 Å². The third-order valence-corrected chi connectivity index (χ3v) is 1.84. The molecule has 4 heteroatoms. The predicted octanol–water partition coefficient (Wildman–Crippen LogP) is 0.823. The molecule has 0 atom stereocenters. The Labute approximate surface area is 92.9 Å². The lowest BCUT2D eigenvalue weighted by atomic mass is 10.4. The molecule has 0 saturated heterocycles. The van der Waals surface area contributed by atoms with Crippen molar-refractivity contribution < 1.29 is 0 Å². The molecular formula is C10H31N3Si. The van der Waals surface area contributed by atoms with Crippen LogP contribution in [0.5, 0.6) is 0 Å². The lowest BCUT2D eigenvalue weighted by Crippen LogP contribution is -2.24. The first kappa shape index (κ1) is 19.6. The maximum absolute atomic E-state index is 5.11. The third kappa shape index (κ3) is 155. The average molecular weight is 221 g/mol. The van der Waals surface area contributed by atoms with Gasteiger partial charge in [0.1, 0.15) is 0 Å². The van der Waals surface area contributed by atoms with Gasteiger partial charge in [0.25, 0.3) is 0 Å². The van der Waals surface area contributed by atoms with E-state index in [0.29, 0.717) is 18.1 Å². The summed E-state index contributed by atoms with van der Waals surface area (Å²) in [5.74, 6) is 0. The second kappa shape index (κ2) is 15.6. The van der Waals surface area contributed by atoms with Crippen LogP contribution in [0.25, 0.3) is 0 Å². The van der Waals surface area contributed by atoms with Gasteiger partial charge in [0.2, 0.25) is 0 Å². The Kier molecular flexibility index (Phi) is 21.8. The summed E-state index contributed by atoms with van der Waals surface area (Å²) in [5, 5.41) is 0. The Balaban J connectivity index is -0.000000135. The minimum Gasteiger partial charge on any atom is -0.340 e. The van der Waals surface area contributed by atoms with Gasteiger partial charge >= 0.3 is 0 Å². The molecule has 0 bridgehead atoms. The van der Waals surface area contributed by atoms with Gasteiger partial charge < -0.3 is 16.4 Å². The SMILES string of the molecule is CC(C)N.CC(C)N.C[SiH2]NC(C)C. The Hall–Kier alpha value is 0.0969. The monoisotopic (exact) mass is 221 g/mol. The predicted molar refractivity (Wildman–Crippen MR) is 71.3 cm³/mol. The van der Waals surface area contributed by atoms with Gasteiger partial charge in [-0.05, 0) is 18.1 Å². The molecule has 0 heterocycles. The molecule has 0 amide bonds. The molecule has 14 heavy (non-hydrogen) atoms. The first-order valence-corrected chi connectivity index (χ1v) is 7.60. The number of nitrogens with one attached hydrogen (secondary N) is 1. The Bertz CT molecular complexity index is 73.9. The summed E-state index contributed by atoms with van der Waals surface area (Å²) in [7, 11) is 0.117. The molecule has 0 fully saturated rings. The lowest BCUT2D eigenvalue weighted by molar-refractivity contribution is 0.754. The Morgan fingerprint density at radius 1 is 0.857 bits per heavy atom. The van der Waals surface area contributed by atoms with Crippen LogP contribution in [0.2, 0.25) is 6.55 Å². The second-order valence-corrected chi connectivity index (χ2v) is 5.32. The zero-order valence-electron chi connectivity index (χ0n) is 11.1. The van der Waals surface area contributed by atoms with Crippen molar-refractivity contribution >= 4 is 9.68 Å². The number of hydrogen-bond donors (Lipinski definition) is 3. The molecule has 0 unspecified atom stereocenters. The molecule has 0 aliphatic rings. The highest BCUT2D eigenvalue weighted by atomic mass is 28.2. The third-order valence-electron chi connectivity index (χ3n) is 0.612. The van der Waals surface area contributed by atoms with Crippen molar-refractivity contribution in [3.8, 4) is 0 Å². The van der Waals surface area contributed by atoms with Crippen LogP contribution in [0.1, 0.15) is 41.5 Å². The Morgan fingerprint density at radius 2 is 1.07 bits per heavy atom. The van der Waals surface area contributed by atoms with E-state index >= 15 is 0 Å². The zero-order valence-corrected chi connectivity index (χ0v) is 12.5. The molecule has 3 nitrogen and oxygen atoms in total. The molecule has 90 valence electrons. The summed E-state index contributed by atoms with van der Waals surface area (Å²) in [6.45, 7) is 14.4. The standard InChI is InChI=1S/C4H13NSi.2C3H9N/c1-4(2)5-6-3;2*1-3(2)4/h4-5H,6H2,1-3H3;2*3H,4H2,1-2H3. The smallest absolute Gasteiger partial charge is 0.0887 e. The number of hydrogen-bond acceptors (Lipinski definition) is 3. The van der Waals surface area contributed by atoms with Crippen molar-refractivity contribution in [2.75, 3.05) is 0 Å². The summed E-state index contributed by atoms with van der Waals surface area (Å²) in [5.41, 5.74) is 10.2. The van der Waals surface area contributed by atoms with Crippen molar-refractivity contribution in [2.24, 2.45) is 11.5 Å². The van der Waals surface area contributed by atoms with Crippen LogP contribution >= 0.6 is 0 Å². The highest BCUT2D eigenvalue weighted by Gasteiger charge is 1.82. The molecule has 0 aliphatic heterocycles. The summed E-state index contributed by atoms with van der Waals surface area (Å²) < 4.78 is 0. The molecule has 0 saturated carbocycles. The maximum atomic E-state index is 5.11. The van der Waals surface area contributed by atoms with E-state index in [1.54, 1.807) is 0 Å². The fourth-order valence-corrected chi connectivity index (χ4v) is 1.22. The van der Waals surface area contributed by atoms with Gasteiger partial charge in [-0.1, -0.05) is 48.1 Å². The van der Waals surface area contributed by atoms with Crippen LogP contribution < -0.4 is 16.4 Å². The van der Waals surface area contributed by atoms with Gasteiger partial charge in [-0.3, -0.25) is 0 Å². The second-order valence-electron chi connectivity index (χ2n) is 4.20. The Morgan fingerprint density at radius 3 is 1.07 bits per heavy atom. The van der Waals surface area contributed by atoms with Crippen molar-refractivity contribution in [2.45, 2.75) is 66.2 Å². The van der Waals surface area contributed by atoms with Gasteiger partial charge in [-0.25, -0.2) is 0 Å². The number of nitrogens with two attached hydrogens (primary N) is 2. The molecular weight excluding hydrogens is 190 g/mol. The van der Waals surface area contributed by atoms with E-state index in [0.717, 1.165) is 0 Å². The van der Waals surface area contributed by atoms with Gasteiger partial charge in [-0.2, -0.15) is 0 Å². The molecule has 5 N–H and O–H groups in total. The summed E-state index contributed by atoms with van der Waals surface area (Å²) in [4.78, 5) is 3.35. The topological polar surface area (TPSA) is 64.1 Å². The maximum Gasteiger partial charge on any atom is 0.0887 e. The van der Waals surface area contributed by atoms with E-state index < -0.39 is 0 Å². The highest BCUT2D eigenvalue weighted by Crippen LogP contribution is 1.69. The van der Waals surface area contributed by atoms with Crippen LogP contribution in [0, 0.1) is 0 Å². The first-order chi connectivity index (χ1) is 6.23. The quantitative estimate of drug-likeness (QED) is 0.605. The summed E-state index contributed by atoms with van der Waals surface area (Å²) >= 11 is 0. The van der Waals surface area contributed by atoms with Crippen molar-refractivity contribution in [1.29, 1.82) is 0 Å². The molecule has 0 radical (unpaired) electrons. The molecule has 0 aromatic carbocycles.